The van der Waals surface area contributed by atoms with Crippen molar-refractivity contribution in [1.29, 1.82) is 0 Å². The van der Waals surface area contributed by atoms with Crippen molar-refractivity contribution in [2.75, 3.05) is 11.1 Å². The topological polar surface area (TPSA) is 85.5 Å². The summed E-state index contributed by atoms with van der Waals surface area (Å²) in [5.74, 6) is 0.794. The van der Waals surface area contributed by atoms with E-state index in [0.29, 0.717) is 23.0 Å². The molecular formula is C18H21N7. The number of hydrogen-bond donors (Lipinski definition) is 2. The largest absolute Gasteiger partial charge is 0.392 e. The Morgan fingerprint density at radius 1 is 1.28 bits per heavy atom. The highest BCUT2D eigenvalue weighted by Crippen LogP contribution is 2.32. The number of pyridine rings is 1. The van der Waals surface area contributed by atoms with Gasteiger partial charge in [-0.05, 0) is 39.8 Å². The van der Waals surface area contributed by atoms with Crippen molar-refractivity contribution in [2.45, 2.75) is 40.2 Å². The van der Waals surface area contributed by atoms with Crippen molar-refractivity contribution in [3.05, 3.63) is 52.3 Å². The average molecular weight is 335 g/mol. The first-order valence-corrected chi connectivity index (χ1v) is 8.12. The lowest BCUT2D eigenvalue weighted by atomic mass is 10.1. The quantitative estimate of drug-likeness (QED) is 0.715. The first-order chi connectivity index (χ1) is 11.9. The summed E-state index contributed by atoms with van der Waals surface area (Å²) in [6.07, 6.45) is 0.725. The predicted octanol–water partition coefficient (Wildman–Crippen LogP) is 3.23. The molecule has 0 saturated carbocycles. The van der Waals surface area contributed by atoms with Gasteiger partial charge in [0.25, 0.3) is 5.69 Å². The summed E-state index contributed by atoms with van der Waals surface area (Å²) in [5, 5.41) is 7.68. The van der Waals surface area contributed by atoms with Crippen LogP contribution in [0.25, 0.3) is 10.5 Å². The first-order valence-electron chi connectivity index (χ1n) is 8.12. The van der Waals surface area contributed by atoms with Crippen LogP contribution in [0.4, 0.5) is 17.3 Å². The Morgan fingerprint density at radius 2 is 2.04 bits per heavy atom. The van der Waals surface area contributed by atoms with Gasteiger partial charge in [-0.25, -0.2) is 14.3 Å². The van der Waals surface area contributed by atoms with Crippen LogP contribution < -0.4 is 11.1 Å². The van der Waals surface area contributed by atoms with E-state index >= 15 is 0 Å². The highest BCUT2D eigenvalue weighted by molar-refractivity contribution is 5.80. The van der Waals surface area contributed by atoms with E-state index in [0.717, 1.165) is 29.1 Å². The summed E-state index contributed by atoms with van der Waals surface area (Å²) in [7, 11) is 0. The third-order valence-corrected chi connectivity index (χ3v) is 4.20. The van der Waals surface area contributed by atoms with Crippen molar-refractivity contribution < 1.29 is 0 Å². The zero-order valence-electron chi connectivity index (χ0n) is 14.8. The molecule has 0 amide bonds. The lowest BCUT2D eigenvalue weighted by Crippen LogP contribution is -2.20. The normalized spacial score (nSPS) is 12.1. The third-order valence-electron chi connectivity index (χ3n) is 4.20. The molecule has 3 aromatic rings. The van der Waals surface area contributed by atoms with Gasteiger partial charge < -0.3 is 11.1 Å². The molecule has 0 aliphatic heterocycles. The fourth-order valence-electron chi connectivity index (χ4n) is 2.79. The molecule has 0 radical (unpaired) electrons. The molecule has 0 aromatic carbocycles. The van der Waals surface area contributed by atoms with Crippen LogP contribution in [0.2, 0.25) is 0 Å². The maximum Gasteiger partial charge on any atom is 0.268 e. The molecule has 128 valence electrons. The van der Waals surface area contributed by atoms with Gasteiger partial charge >= 0.3 is 0 Å². The van der Waals surface area contributed by atoms with Crippen molar-refractivity contribution in [1.82, 2.24) is 19.6 Å². The van der Waals surface area contributed by atoms with Crippen LogP contribution in [0.5, 0.6) is 0 Å². The summed E-state index contributed by atoms with van der Waals surface area (Å²) in [6.45, 7) is 15.3. The van der Waals surface area contributed by atoms with Crippen LogP contribution in [0.3, 0.4) is 0 Å². The molecule has 3 N–H and O–H groups in total. The lowest BCUT2D eigenvalue weighted by molar-refractivity contribution is 0.762. The number of nitrogens with one attached hydrogen (secondary N) is 1. The van der Waals surface area contributed by atoms with Gasteiger partial charge in [-0.3, -0.25) is 4.98 Å². The van der Waals surface area contributed by atoms with Gasteiger partial charge in [0.05, 0.1) is 12.3 Å². The molecule has 1 atom stereocenters. The second-order valence-electron chi connectivity index (χ2n) is 6.27. The van der Waals surface area contributed by atoms with Gasteiger partial charge in [-0.2, -0.15) is 5.10 Å². The van der Waals surface area contributed by atoms with Gasteiger partial charge in [0, 0.05) is 29.4 Å². The summed E-state index contributed by atoms with van der Waals surface area (Å²) in [5.41, 5.74) is 10.9. The highest BCUT2D eigenvalue weighted by atomic mass is 15.3. The molecule has 0 saturated heterocycles. The van der Waals surface area contributed by atoms with Crippen molar-refractivity contribution in [3.63, 3.8) is 0 Å². The summed E-state index contributed by atoms with van der Waals surface area (Å²) in [6, 6.07) is 6.01. The molecule has 0 spiro atoms. The molecular weight excluding hydrogens is 314 g/mol. The van der Waals surface area contributed by atoms with E-state index in [1.165, 1.54) is 4.52 Å². The second-order valence-corrected chi connectivity index (χ2v) is 6.27. The molecule has 0 aliphatic carbocycles. The Hall–Kier alpha value is -3.14. The Balaban J connectivity index is 1.95. The Kier molecular flexibility index (Phi) is 4.28. The average Bonchev–Trinajstić information content (AvgIpc) is 2.83. The maximum atomic E-state index is 7.47. The van der Waals surface area contributed by atoms with E-state index in [4.69, 9.17) is 12.3 Å². The van der Waals surface area contributed by atoms with Crippen LogP contribution in [0.1, 0.15) is 29.6 Å². The minimum Gasteiger partial charge on any atom is -0.392 e. The summed E-state index contributed by atoms with van der Waals surface area (Å²) >= 11 is 0. The standard InChI is InChI=1S/C18H21N7/c1-10-7-6-8-14(21-10)9-11(2)22-17-15(20-5)16(19)25-18(23-17)12(3)13(4)24-25/h6-8,11H,9,19H2,1-4H3,(H,22,23)/t11-/m0/s1. The van der Waals surface area contributed by atoms with Crippen LogP contribution in [-0.4, -0.2) is 25.6 Å². The number of nitrogen functional groups attached to an aromatic ring is 1. The number of hydrogen-bond acceptors (Lipinski definition) is 5. The zero-order chi connectivity index (χ0) is 18.1. The van der Waals surface area contributed by atoms with E-state index in [-0.39, 0.29) is 6.04 Å². The van der Waals surface area contributed by atoms with Crippen LogP contribution in [0, 0.1) is 27.3 Å². The second kappa shape index (κ2) is 6.40. The molecule has 0 unspecified atom stereocenters. The predicted molar refractivity (Wildman–Crippen MR) is 98.9 cm³/mol. The smallest absolute Gasteiger partial charge is 0.268 e. The molecule has 0 aliphatic rings. The summed E-state index contributed by atoms with van der Waals surface area (Å²) in [4.78, 5) is 12.7. The molecule has 7 heteroatoms. The number of aryl methyl sites for hydroxylation is 3. The van der Waals surface area contributed by atoms with Gasteiger partial charge in [0.1, 0.15) is 11.6 Å². The lowest BCUT2D eigenvalue weighted by Gasteiger charge is -2.17. The molecule has 0 fully saturated rings. The number of nitrogens with zero attached hydrogens (tertiary/aromatic N) is 5. The third kappa shape index (κ3) is 3.11. The van der Waals surface area contributed by atoms with Crippen LogP contribution in [0.15, 0.2) is 18.2 Å². The van der Waals surface area contributed by atoms with E-state index < -0.39 is 0 Å². The van der Waals surface area contributed by atoms with Gasteiger partial charge in [-0.1, -0.05) is 6.07 Å². The molecule has 3 rings (SSSR count). The van der Waals surface area contributed by atoms with E-state index in [2.05, 4.69) is 25.2 Å². The van der Waals surface area contributed by atoms with Crippen molar-refractivity contribution in [3.8, 4) is 0 Å². The minimum absolute atomic E-state index is 0.0495. The number of anilines is 2. The van der Waals surface area contributed by atoms with Gasteiger partial charge in [0.15, 0.2) is 5.65 Å². The fourth-order valence-corrected chi connectivity index (χ4v) is 2.79. The number of nitrogens with two attached hydrogens (primary N) is 1. The highest BCUT2D eigenvalue weighted by Gasteiger charge is 2.18. The van der Waals surface area contributed by atoms with Gasteiger partial charge in [0.2, 0.25) is 0 Å². The SMILES string of the molecule is [C-]#[N+]c1c(N[C@@H](C)Cc2cccc(C)n2)nc2c(C)c(C)nn2c1N. The number of aromatic nitrogens is 4. The van der Waals surface area contributed by atoms with E-state index in [1.54, 1.807) is 0 Å². The minimum atomic E-state index is 0.0495. The Morgan fingerprint density at radius 3 is 2.72 bits per heavy atom. The van der Waals surface area contributed by atoms with Crippen molar-refractivity contribution >= 4 is 23.0 Å². The van der Waals surface area contributed by atoms with E-state index in [9.17, 15) is 0 Å². The monoisotopic (exact) mass is 335 g/mol. The number of fused-ring (bicyclic) bond motifs is 1. The first kappa shape index (κ1) is 16.7. The molecule has 3 aromatic heterocycles. The molecule has 0 bridgehead atoms. The zero-order valence-corrected chi connectivity index (χ0v) is 14.8. The molecule has 3 heterocycles. The molecule has 7 nitrogen and oxygen atoms in total. The van der Waals surface area contributed by atoms with Crippen LogP contribution >= 0.6 is 0 Å². The van der Waals surface area contributed by atoms with E-state index in [1.807, 2.05) is 45.9 Å². The van der Waals surface area contributed by atoms with Crippen molar-refractivity contribution in [2.24, 2.45) is 0 Å². The Bertz CT molecular complexity index is 981. The van der Waals surface area contributed by atoms with Gasteiger partial charge in [-0.15, -0.1) is 0 Å². The summed E-state index contributed by atoms with van der Waals surface area (Å²) < 4.78 is 1.54. The number of rotatable bonds is 4. The maximum absolute atomic E-state index is 7.47. The molecule has 25 heavy (non-hydrogen) atoms. The Labute approximate surface area is 146 Å². The van der Waals surface area contributed by atoms with Crippen LogP contribution in [-0.2, 0) is 6.42 Å². The fraction of sp³-hybridized carbons (Fsp3) is 0.333.